The highest BCUT2D eigenvalue weighted by molar-refractivity contribution is 8.00. The molecule has 0 spiro atoms. The van der Waals surface area contributed by atoms with E-state index in [1.807, 2.05) is 0 Å². The van der Waals surface area contributed by atoms with E-state index in [1.165, 1.54) is 24.9 Å². The second kappa shape index (κ2) is 5.75. The molecule has 6 heteroatoms. The molecule has 0 radical (unpaired) electrons. The number of sulfonamides is 1. The van der Waals surface area contributed by atoms with Gasteiger partial charge in [-0.3, -0.25) is 0 Å². The Hall–Kier alpha value is -0.720. The van der Waals surface area contributed by atoms with Crippen LogP contribution in [0.15, 0.2) is 28.0 Å². The Kier molecular flexibility index (Phi) is 4.85. The molecule has 3 N–H and O–H groups in total. The molecule has 1 aromatic rings. The van der Waals surface area contributed by atoms with Gasteiger partial charge in [0.15, 0.2) is 0 Å². The van der Waals surface area contributed by atoms with Gasteiger partial charge in [-0.1, -0.05) is 13.8 Å². The predicted octanol–water partition coefficient (Wildman–Crippen LogP) is 1.92. The maximum absolute atomic E-state index is 11.8. The molecule has 0 unspecified atom stereocenters. The number of nitrogens with one attached hydrogen (secondary N) is 1. The molecule has 1 aromatic carbocycles. The third kappa shape index (κ3) is 3.90. The van der Waals surface area contributed by atoms with Crippen molar-refractivity contribution >= 4 is 27.5 Å². The molecule has 0 amide bonds. The molecular formula is C11H18N2O2S2. The van der Waals surface area contributed by atoms with Gasteiger partial charge in [0.1, 0.15) is 0 Å². The van der Waals surface area contributed by atoms with Gasteiger partial charge in [0.25, 0.3) is 0 Å². The van der Waals surface area contributed by atoms with Gasteiger partial charge in [0.2, 0.25) is 10.0 Å². The summed E-state index contributed by atoms with van der Waals surface area (Å²) in [5, 5.41) is 0. The van der Waals surface area contributed by atoms with Crippen molar-refractivity contribution in [1.82, 2.24) is 4.72 Å². The van der Waals surface area contributed by atoms with Crippen LogP contribution in [0.4, 0.5) is 5.69 Å². The van der Waals surface area contributed by atoms with Crippen LogP contribution in [-0.2, 0) is 10.0 Å². The molecule has 0 saturated carbocycles. The lowest BCUT2D eigenvalue weighted by molar-refractivity contribution is 0.586. The zero-order valence-electron chi connectivity index (χ0n) is 10.2. The predicted molar refractivity (Wildman–Crippen MR) is 72.7 cm³/mol. The van der Waals surface area contributed by atoms with Crippen LogP contribution < -0.4 is 10.5 Å². The summed E-state index contributed by atoms with van der Waals surface area (Å²) in [6.45, 7) is 4.19. The minimum atomic E-state index is -3.45. The van der Waals surface area contributed by atoms with Gasteiger partial charge >= 0.3 is 0 Å². The van der Waals surface area contributed by atoms with Gasteiger partial charge in [0, 0.05) is 16.3 Å². The van der Waals surface area contributed by atoms with Crippen LogP contribution in [0.5, 0.6) is 0 Å². The average molecular weight is 274 g/mol. The lowest BCUT2D eigenvalue weighted by Crippen LogP contribution is -2.19. The van der Waals surface area contributed by atoms with Crippen LogP contribution in [0, 0.1) is 5.92 Å². The molecule has 0 aliphatic heterocycles. The average Bonchev–Trinajstić information content (AvgIpc) is 2.27. The fourth-order valence-electron chi connectivity index (χ4n) is 1.22. The zero-order chi connectivity index (χ0) is 13.1. The van der Waals surface area contributed by atoms with Gasteiger partial charge in [0.05, 0.1) is 4.90 Å². The van der Waals surface area contributed by atoms with Gasteiger partial charge in [-0.25, -0.2) is 13.1 Å². The largest absolute Gasteiger partial charge is 0.399 e. The van der Waals surface area contributed by atoms with Crippen molar-refractivity contribution in [2.75, 3.05) is 18.5 Å². The van der Waals surface area contributed by atoms with E-state index in [4.69, 9.17) is 5.73 Å². The summed E-state index contributed by atoms with van der Waals surface area (Å²) in [6, 6.07) is 4.97. The van der Waals surface area contributed by atoms with E-state index in [2.05, 4.69) is 18.6 Å². The molecule has 0 aliphatic rings. The topological polar surface area (TPSA) is 72.2 Å². The second-order valence-corrected chi connectivity index (χ2v) is 7.04. The third-order valence-corrected chi connectivity index (χ3v) is 5.18. The van der Waals surface area contributed by atoms with Gasteiger partial charge in [-0.05, 0) is 31.2 Å². The number of anilines is 1. The van der Waals surface area contributed by atoms with E-state index in [0.717, 1.165) is 10.6 Å². The summed E-state index contributed by atoms with van der Waals surface area (Å²) >= 11 is 1.53. The fourth-order valence-corrected chi connectivity index (χ4v) is 3.45. The van der Waals surface area contributed by atoms with Crippen LogP contribution in [0.25, 0.3) is 0 Å². The number of hydrogen-bond donors (Lipinski definition) is 2. The number of nitrogens with two attached hydrogens (primary N) is 1. The van der Waals surface area contributed by atoms with E-state index in [1.54, 1.807) is 12.1 Å². The van der Waals surface area contributed by atoms with Crippen molar-refractivity contribution in [3.05, 3.63) is 18.2 Å². The molecule has 0 aliphatic carbocycles. The van der Waals surface area contributed by atoms with Crippen molar-refractivity contribution in [2.45, 2.75) is 23.6 Å². The Morgan fingerprint density at radius 1 is 1.41 bits per heavy atom. The van der Waals surface area contributed by atoms with Crippen LogP contribution in [0.3, 0.4) is 0 Å². The zero-order valence-corrected chi connectivity index (χ0v) is 11.9. The Labute approximate surface area is 107 Å². The fraction of sp³-hybridized carbons (Fsp3) is 0.455. The number of benzene rings is 1. The van der Waals surface area contributed by atoms with Crippen LogP contribution in [0.1, 0.15) is 13.8 Å². The summed E-state index contributed by atoms with van der Waals surface area (Å²) in [6.07, 6.45) is 0. The van der Waals surface area contributed by atoms with Crippen LogP contribution >= 0.6 is 11.8 Å². The van der Waals surface area contributed by atoms with Crippen molar-refractivity contribution in [1.29, 1.82) is 0 Å². The van der Waals surface area contributed by atoms with Crippen LogP contribution in [-0.4, -0.2) is 21.2 Å². The minimum absolute atomic E-state index is 0.255. The summed E-state index contributed by atoms with van der Waals surface area (Å²) in [5.74, 6) is 1.37. The van der Waals surface area contributed by atoms with E-state index < -0.39 is 10.0 Å². The second-order valence-electron chi connectivity index (χ2n) is 4.12. The summed E-state index contributed by atoms with van der Waals surface area (Å²) < 4.78 is 26.0. The number of hydrogen-bond acceptors (Lipinski definition) is 4. The van der Waals surface area contributed by atoms with E-state index in [9.17, 15) is 8.42 Å². The molecule has 96 valence electrons. The van der Waals surface area contributed by atoms with Gasteiger partial charge in [-0.15, -0.1) is 11.8 Å². The molecule has 17 heavy (non-hydrogen) atoms. The number of thioether (sulfide) groups is 1. The molecule has 0 aromatic heterocycles. The molecule has 0 bridgehead atoms. The smallest absolute Gasteiger partial charge is 0.241 e. The molecule has 1 rings (SSSR count). The highest BCUT2D eigenvalue weighted by Crippen LogP contribution is 2.29. The highest BCUT2D eigenvalue weighted by atomic mass is 32.2. The summed E-state index contributed by atoms with van der Waals surface area (Å²) in [4.78, 5) is 0.993. The lowest BCUT2D eigenvalue weighted by atomic mass is 10.3. The molecular weight excluding hydrogens is 256 g/mol. The highest BCUT2D eigenvalue weighted by Gasteiger charge is 2.17. The van der Waals surface area contributed by atoms with Gasteiger partial charge in [-0.2, -0.15) is 0 Å². The SMILES string of the molecule is CNS(=O)(=O)c1cc(N)ccc1SCC(C)C. The Morgan fingerprint density at radius 2 is 2.06 bits per heavy atom. The monoisotopic (exact) mass is 274 g/mol. The molecule has 0 saturated heterocycles. The number of rotatable bonds is 5. The Bertz CT molecular complexity index is 484. The first-order valence-electron chi connectivity index (χ1n) is 5.32. The first kappa shape index (κ1) is 14.3. The van der Waals surface area contributed by atoms with E-state index in [-0.39, 0.29) is 4.90 Å². The first-order chi connectivity index (χ1) is 7.86. The lowest BCUT2D eigenvalue weighted by Gasteiger charge is -2.11. The maximum Gasteiger partial charge on any atom is 0.241 e. The van der Waals surface area contributed by atoms with Crippen molar-refractivity contribution < 1.29 is 8.42 Å². The van der Waals surface area contributed by atoms with Crippen LogP contribution in [0.2, 0.25) is 0 Å². The summed E-state index contributed by atoms with van der Waals surface area (Å²) in [5.41, 5.74) is 6.08. The van der Waals surface area contributed by atoms with Crippen molar-refractivity contribution in [2.24, 2.45) is 5.92 Å². The molecule has 0 heterocycles. The Balaban J connectivity index is 3.13. The number of nitrogen functional groups attached to an aromatic ring is 1. The van der Waals surface area contributed by atoms with E-state index in [0.29, 0.717) is 11.6 Å². The molecule has 4 nitrogen and oxygen atoms in total. The van der Waals surface area contributed by atoms with Crippen molar-refractivity contribution in [3.8, 4) is 0 Å². The maximum atomic E-state index is 11.8. The van der Waals surface area contributed by atoms with Crippen molar-refractivity contribution in [3.63, 3.8) is 0 Å². The standard InChI is InChI=1S/C11H18N2O2S2/c1-8(2)7-16-10-5-4-9(12)6-11(10)17(14,15)13-3/h4-6,8,13H,7,12H2,1-3H3. The first-order valence-corrected chi connectivity index (χ1v) is 7.79. The molecule has 0 fully saturated rings. The Morgan fingerprint density at radius 3 is 2.59 bits per heavy atom. The normalized spacial score (nSPS) is 12.0. The quantitative estimate of drug-likeness (QED) is 0.635. The third-order valence-electron chi connectivity index (χ3n) is 2.10. The molecule has 0 atom stereocenters. The van der Waals surface area contributed by atoms with Gasteiger partial charge < -0.3 is 5.73 Å². The summed E-state index contributed by atoms with van der Waals surface area (Å²) in [7, 11) is -2.05. The minimum Gasteiger partial charge on any atom is -0.399 e. The van der Waals surface area contributed by atoms with E-state index >= 15 is 0 Å².